The summed E-state index contributed by atoms with van der Waals surface area (Å²) in [5, 5.41) is 0. The van der Waals surface area contributed by atoms with Gasteiger partial charge in [-0.1, -0.05) is 24.3 Å². The molecule has 16 heavy (non-hydrogen) atoms. The monoisotopic (exact) mass is 240 g/mol. The molecule has 0 saturated carbocycles. The van der Waals surface area contributed by atoms with Crippen molar-refractivity contribution in [3.8, 4) is 0 Å². The molecule has 1 amide bonds. The Hall–Kier alpha value is -1.06. The standard InChI is InChI=1S/C12H16N2O.ClH/c1-9-6-10-4-2-3-5-11(10)8-14(9)12(15)7-13;/h2-5,9H,6-8,13H2,1H3;1H. The molecule has 1 unspecified atom stereocenters. The Balaban J connectivity index is 0.00000128. The van der Waals surface area contributed by atoms with Crippen LogP contribution >= 0.6 is 12.4 Å². The Bertz CT molecular complexity index is 381. The molecule has 0 fully saturated rings. The lowest BCUT2D eigenvalue weighted by molar-refractivity contribution is -0.132. The minimum absolute atomic E-state index is 0. The van der Waals surface area contributed by atoms with Gasteiger partial charge in [-0.05, 0) is 24.5 Å². The second-order valence-electron chi connectivity index (χ2n) is 4.05. The molecule has 0 aromatic heterocycles. The number of nitrogens with two attached hydrogens (primary N) is 1. The summed E-state index contributed by atoms with van der Waals surface area (Å²) >= 11 is 0. The highest BCUT2D eigenvalue weighted by Gasteiger charge is 2.25. The zero-order valence-corrected chi connectivity index (χ0v) is 10.2. The SMILES string of the molecule is CC1Cc2ccccc2CN1C(=O)CN.Cl. The van der Waals surface area contributed by atoms with Gasteiger partial charge in [-0.2, -0.15) is 0 Å². The predicted octanol–water partition coefficient (Wildman–Crippen LogP) is 1.34. The fraction of sp³-hybridized carbons (Fsp3) is 0.417. The van der Waals surface area contributed by atoms with Gasteiger partial charge >= 0.3 is 0 Å². The Kier molecular flexibility index (Phi) is 4.33. The normalized spacial score (nSPS) is 18.6. The first-order valence-corrected chi connectivity index (χ1v) is 5.28. The molecular weight excluding hydrogens is 224 g/mol. The molecular formula is C12H17ClN2O. The van der Waals surface area contributed by atoms with Crippen molar-refractivity contribution < 1.29 is 4.79 Å². The van der Waals surface area contributed by atoms with E-state index in [0.29, 0.717) is 6.54 Å². The summed E-state index contributed by atoms with van der Waals surface area (Å²) in [5.41, 5.74) is 7.99. The lowest BCUT2D eigenvalue weighted by Crippen LogP contribution is -2.45. The molecule has 0 aliphatic carbocycles. The van der Waals surface area contributed by atoms with Gasteiger partial charge in [0.25, 0.3) is 0 Å². The first-order chi connectivity index (χ1) is 7.22. The molecule has 1 atom stereocenters. The smallest absolute Gasteiger partial charge is 0.236 e. The maximum Gasteiger partial charge on any atom is 0.236 e. The zero-order chi connectivity index (χ0) is 10.8. The lowest BCUT2D eigenvalue weighted by Gasteiger charge is -2.34. The van der Waals surface area contributed by atoms with Crippen molar-refractivity contribution >= 4 is 18.3 Å². The molecule has 4 heteroatoms. The van der Waals surface area contributed by atoms with Crippen LogP contribution in [-0.4, -0.2) is 23.4 Å². The number of fused-ring (bicyclic) bond motifs is 1. The number of amides is 1. The number of benzene rings is 1. The zero-order valence-electron chi connectivity index (χ0n) is 9.35. The van der Waals surface area contributed by atoms with E-state index in [2.05, 4.69) is 19.1 Å². The molecule has 0 radical (unpaired) electrons. The molecule has 0 spiro atoms. The van der Waals surface area contributed by atoms with Crippen LogP contribution in [0.2, 0.25) is 0 Å². The summed E-state index contributed by atoms with van der Waals surface area (Å²) in [7, 11) is 0. The molecule has 88 valence electrons. The minimum Gasteiger partial charge on any atom is -0.334 e. The van der Waals surface area contributed by atoms with Crippen molar-refractivity contribution in [3.63, 3.8) is 0 Å². The highest BCUT2D eigenvalue weighted by atomic mass is 35.5. The second-order valence-corrected chi connectivity index (χ2v) is 4.05. The number of carbonyl (C=O) groups excluding carboxylic acids is 1. The summed E-state index contributed by atoms with van der Waals surface area (Å²) in [6.45, 7) is 2.88. The Morgan fingerprint density at radius 3 is 2.69 bits per heavy atom. The number of carbonyl (C=O) groups is 1. The quantitative estimate of drug-likeness (QED) is 0.805. The third-order valence-electron chi connectivity index (χ3n) is 3.00. The molecule has 0 saturated heterocycles. The van der Waals surface area contributed by atoms with Gasteiger partial charge in [0, 0.05) is 12.6 Å². The number of rotatable bonds is 1. The largest absolute Gasteiger partial charge is 0.334 e. The third kappa shape index (κ3) is 2.36. The van der Waals surface area contributed by atoms with E-state index in [1.54, 1.807) is 0 Å². The number of hydrogen-bond acceptors (Lipinski definition) is 2. The predicted molar refractivity (Wildman–Crippen MR) is 66.5 cm³/mol. The second kappa shape index (κ2) is 5.32. The highest BCUT2D eigenvalue weighted by Crippen LogP contribution is 2.22. The van der Waals surface area contributed by atoms with Crippen LogP contribution in [0.5, 0.6) is 0 Å². The Morgan fingerprint density at radius 1 is 1.44 bits per heavy atom. The first kappa shape index (κ1) is 13.0. The van der Waals surface area contributed by atoms with Crippen LogP contribution in [0.25, 0.3) is 0 Å². The molecule has 1 aromatic rings. The van der Waals surface area contributed by atoms with E-state index in [-0.39, 0.29) is 30.9 Å². The minimum atomic E-state index is 0. The Morgan fingerprint density at radius 2 is 2.06 bits per heavy atom. The molecule has 2 rings (SSSR count). The topological polar surface area (TPSA) is 46.3 Å². The molecule has 1 aliphatic rings. The summed E-state index contributed by atoms with van der Waals surface area (Å²) < 4.78 is 0. The van der Waals surface area contributed by atoms with Gasteiger partial charge in [0.15, 0.2) is 0 Å². The Labute approximate surface area is 102 Å². The van der Waals surface area contributed by atoms with Crippen molar-refractivity contribution in [2.24, 2.45) is 5.73 Å². The van der Waals surface area contributed by atoms with Crippen molar-refractivity contribution in [2.75, 3.05) is 6.54 Å². The average molecular weight is 241 g/mol. The van der Waals surface area contributed by atoms with Crippen molar-refractivity contribution in [1.29, 1.82) is 0 Å². The van der Waals surface area contributed by atoms with Gasteiger partial charge in [-0.25, -0.2) is 0 Å². The molecule has 3 nitrogen and oxygen atoms in total. The summed E-state index contributed by atoms with van der Waals surface area (Å²) in [6, 6.07) is 8.54. The molecule has 0 bridgehead atoms. The van der Waals surface area contributed by atoms with Crippen LogP contribution in [0.15, 0.2) is 24.3 Å². The van der Waals surface area contributed by atoms with Gasteiger partial charge in [-0.3, -0.25) is 4.79 Å². The van der Waals surface area contributed by atoms with Crippen LogP contribution in [0, 0.1) is 0 Å². The molecule has 2 N–H and O–H groups in total. The number of hydrogen-bond donors (Lipinski definition) is 1. The van der Waals surface area contributed by atoms with E-state index in [0.717, 1.165) is 6.42 Å². The molecule has 1 aliphatic heterocycles. The maximum atomic E-state index is 11.6. The average Bonchev–Trinajstić information content (AvgIpc) is 2.27. The van der Waals surface area contributed by atoms with Gasteiger partial charge in [0.1, 0.15) is 0 Å². The summed E-state index contributed by atoms with van der Waals surface area (Å²) in [6.07, 6.45) is 0.932. The summed E-state index contributed by atoms with van der Waals surface area (Å²) in [5.74, 6) is 0.0389. The highest BCUT2D eigenvalue weighted by molar-refractivity contribution is 5.85. The van der Waals surface area contributed by atoms with Gasteiger partial charge in [0.05, 0.1) is 6.54 Å². The maximum absolute atomic E-state index is 11.6. The van der Waals surface area contributed by atoms with Crippen molar-refractivity contribution in [3.05, 3.63) is 35.4 Å². The van der Waals surface area contributed by atoms with E-state index in [4.69, 9.17) is 5.73 Å². The van der Waals surface area contributed by atoms with Crippen LogP contribution in [0.3, 0.4) is 0 Å². The lowest BCUT2D eigenvalue weighted by atomic mass is 9.95. The fourth-order valence-electron chi connectivity index (χ4n) is 2.13. The van der Waals surface area contributed by atoms with Crippen LogP contribution in [-0.2, 0) is 17.8 Å². The molecule has 1 heterocycles. The van der Waals surface area contributed by atoms with E-state index in [1.165, 1.54) is 11.1 Å². The van der Waals surface area contributed by atoms with E-state index >= 15 is 0 Å². The number of halogens is 1. The van der Waals surface area contributed by atoms with Crippen molar-refractivity contribution in [1.82, 2.24) is 4.90 Å². The van der Waals surface area contributed by atoms with Gasteiger partial charge in [0.2, 0.25) is 5.91 Å². The fourth-order valence-corrected chi connectivity index (χ4v) is 2.13. The van der Waals surface area contributed by atoms with Crippen LogP contribution < -0.4 is 5.73 Å². The van der Waals surface area contributed by atoms with E-state index < -0.39 is 0 Å². The van der Waals surface area contributed by atoms with Crippen LogP contribution in [0.1, 0.15) is 18.1 Å². The first-order valence-electron chi connectivity index (χ1n) is 5.28. The van der Waals surface area contributed by atoms with Crippen LogP contribution in [0.4, 0.5) is 0 Å². The van der Waals surface area contributed by atoms with Gasteiger partial charge < -0.3 is 10.6 Å². The van der Waals surface area contributed by atoms with Crippen molar-refractivity contribution in [2.45, 2.75) is 25.9 Å². The third-order valence-corrected chi connectivity index (χ3v) is 3.00. The van der Waals surface area contributed by atoms with E-state index in [1.807, 2.05) is 17.0 Å². The number of nitrogens with zero attached hydrogens (tertiary/aromatic N) is 1. The summed E-state index contributed by atoms with van der Waals surface area (Å²) in [4.78, 5) is 13.5. The molecule has 1 aromatic carbocycles. The van der Waals surface area contributed by atoms with Gasteiger partial charge in [-0.15, -0.1) is 12.4 Å². The van der Waals surface area contributed by atoms with E-state index in [9.17, 15) is 4.79 Å².